The molecule has 2 rings (SSSR count). The molecule has 2 amide bonds. The molecule has 4 nitrogen and oxygen atoms in total. The summed E-state index contributed by atoms with van der Waals surface area (Å²) >= 11 is 23.9. The van der Waals surface area contributed by atoms with Gasteiger partial charge in [0.15, 0.2) is 0 Å². The van der Waals surface area contributed by atoms with Gasteiger partial charge in [0.1, 0.15) is 0 Å². The maximum absolute atomic E-state index is 12.3. The molecule has 1 aliphatic rings. The number of amides is 2. The first kappa shape index (κ1) is 16.8. The van der Waals surface area contributed by atoms with Crippen molar-refractivity contribution in [2.24, 2.45) is 0 Å². The molecule has 1 aliphatic heterocycles. The fourth-order valence-corrected chi connectivity index (χ4v) is 2.99. The van der Waals surface area contributed by atoms with Crippen LogP contribution < -0.4 is 0 Å². The fourth-order valence-electron chi connectivity index (χ4n) is 1.98. The van der Waals surface area contributed by atoms with Crippen molar-refractivity contribution in [3.63, 3.8) is 0 Å². The largest absolute Gasteiger partial charge is 0.377 e. The van der Waals surface area contributed by atoms with Crippen LogP contribution in [0.5, 0.6) is 0 Å². The molecule has 0 saturated carbocycles. The molecule has 0 saturated heterocycles. The molecule has 114 valence electrons. The van der Waals surface area contributed by atoms with E-state index in [1.165, 1.54) is 0 Å². The molecule has 1 aromatic rings. The Balaban J connectivity index is 2.38. The van der Waals surface area contributed by atoms with Gasteiger partial charge in [-0.2, -0.15) is 0 Å². The van der Waals surface area contributed by atoms with Crippen molar-refractivity contribution in [1.29, 1.82) is 0 Å². The number of imide groups is 1. The highest BCUT2D eigenvalue weighted by atomic mass is 35.5. The van der Waals surface area contributed by atoms with E-state index in [-0.39, 0.29) is 50.5 Å². The molecule has 0 aliphatic carbocycles. The zero-order valence-electron chi connectivity index (χ0n) is 11.2. The van der Waals surface area contributed by atoms with E-state index in [0.717, 1.165) is 4.90 Å². The van der Waals surface area contributed by atoms with Crippen LogP contribution in [0.25, 0.3) is 0 Å². The van der Waals surface area contributed by atoms with E-state index < -0.39 is 11.8 Å². The second kappa shape index (κ2) is 6.31. The molecule has 0 radical (unpaired) electrons. The van der Waals surface area contributed by atoms with Crippen LogP contribution in [0.2, 0.25) is 20.1 Å². The predicted octanol–water partition coefficient (Wildman–Crippen LogP) is 4.32. The maximum Gasteiger partial charge on any atom is 0.263 e. The van der Waals surface area contributed by atoms with Gasteiger partial charge in [-0.3, -0.25) is 14.5 Å². The van der Waals surface area contributed by atoms with E-state index in [1.54, 1.807) is 0 Å². The minimum Gasteiger partial charge on any atom is -0.377 e. The lowest BCUT2D eigenvalue weighted by molar-refractivity contribution is 0.0448. The Morgan fingerprint density at radius 1 is 0.905 bits per heavy atom. The third-order valence-corrected chi connectivity index (χ3v) is 4.75. The summed E-state index contributed by atoms with van der Waals surface area (Å²) in [6.07, 6.45) is -0.00347. The number of carbonyl (C=O) groups is 2. The lowest BCUT2D eigenvalue weighted by Crippen LogP contribution is -2.33. The quantitative estimate of drug-likeness (QED) is 0.450. The summed E-state index contributed by atoms with van der Waals surface area (Å²) < 4.78 is 5.34. The van der Waals surface area contributed by atoms with Crippen LogP contribution in [0.1, 0.15) is 34.6 Å². The Labute approximate surface area is 141 Å². The monoisotopic (exact) mass is 369 g/mol. The van der Waals surface area contributed by atoms with E-state index >= 15 is 0 Å². The highest BCUT2D eigenvalue weighted by Crippen LogP contribution is 2.44. The summed E-state index contributed by atoms with van der Waals surface area (Å²) in [6.45, 7) is 4.04. The molecule has 0 spiro atoms. The van der Waals surface area contributed by atoms with Crippen LogP contribution >= 0.6 is 46.4 Å². The van der Waals surface area contributed by atoms with Crippen LogP contribution in [0, 0.1) is 0 Å². The third kappa shape index (κ3) is 2.88. The molecule has 0 bridgehead atoms. The minimum atomic E-state index is -0.548. The Kier molecular flexibility index (Phi) is 5.06. The summed E-state index contributed by atoms with van der Waals surface area (Å²) in [6, 6.07) is 0. The molecule has 0 N–H and O–H groups in total. The third-order valence-electron chi connectivity index (χ3n) is 2.95. The molecule has 0 fully saturated rings. The van der Waals surface area contributed by atoms with E-state index in [9.17, 15) is 9.59 Å². The van der Waals surface area contributed by atoms with Gasteiger partial charge in [0.25, 0.3) is 11.8 Å². The van der Waals surface area contributed by atoms with Gasteiger partial charge in [-0.25, -0.2) is 0 Å². The van der Waals surface area contributed by atoms with Gasteiger partial charge < -0.3 is 4.74 Å². The number of halogens is 4. The van der Waals surface area contributed by atoms with Gasteiger partial charge in [0.2, 0.25) is 0 Å². The summed E-state index contributed by atoms with van der Waals surface area (Å²) in [5.74, 6) is -1.10. The van der Waals surface area contributed by atoms with Crippen molar-refractivity contribution >= 4 is 58.2 Å². The first-order chi connectivity index (χ1) is 9.77. The van der Waals surface area contributed by atoms with E-state index in [1.807, 2.05) is 13.8 Å². The van der Waals surface area contributed by atoms with Gasteiger partial charge in [0, 0.05) is 0 Å². The van der Waals surface area contributed by atoms with Gasteiger partial charge in [-0.05, 0) is 13.8 Å². The number of nitrogens with zero attached hydrogens (tertiary/aromatic N) is 1. The molecule has 1 aromatic carbocycles. The van der Waals surface area contributed by atoms with E-state index in [2.05, 4.69) is 0 Å². The smallest absolute Gasteiger partial charge is 0.263 e. The molecule has 8 heteroatoms. The standard InChI is InChI=1S/C13H11Cl4NO3/c1-5(2)21-4-3-18-12(19)6-7(13(18)20)9(15)11(17)10(16)8(6)14/h5H,3-4H2,1-2H3. The minimum absolute atomic E-state index is 0.00347. The first-order valence-corrected chi connectivity index (χ1v) is 7.62. The van der Waals surface area contributed by atoms with Gasteiger partial charge in [-0.15, -0.1) is 0 Å². The van der Waals surface area contributed by atoms with Gasteiger partial charge in [-0.1, -0.05) is 46.4 Å². The Hall–Kier alpha value is -0.520. The summed E-state index contributed by atoms with van der Waals surface area (Å²) in [7, 11) is 0. The number of ether oxygens (including phenoxy) is 1. The first-order valence-electron chi connectivity index (χ1n) is 6.11. The lowest BCUT2D eigenvalue weighted by atomic mass is 10.1. The molecule has 21 heavy (non-hydrogen) atoms. The van der Waals surface area contributed by atoms with Crippen molar-refractivity contribution < 1.29 is 14.3 Å². The Morgan fingerprint density at radius 3 is 1.71 bits per heavy atom. The van der Waals surface area contributed by atoms with Gasteiger partial charge in [0.05, 0.1) is 50.5 Å². The second-order valence-electron chi connectivity index (χ2n) is 4.69. The summed E-state index contributed by atoms with van der Waals surface area (Å²) in [5, 5.41) is -0.203. The lowest BCUT2D eigenvalue weighted by Gasteiger charge is -2.15. The van der Waals surface area contributed by atoms with Crippen LogP contribution in [-0.2, 0) is 4.74 Å². The van der Waals surface area contributed by atoms with Crippen molar-refractivity contribution in [2.45, 2.75) is 20.0 Å². The highest BCUT2D eigenvalue weighted by Gasteiger charge is 2.41. The molecular formula is C13H11Cl4NO3. The second-order valence-corrected chi connectivity index (χ2v) is 6.20. The highest BCUT2D eigenvalue weighted by molar-refractivity contribution is 6.55. The van der Waals surface area contributed by atoms with Crippen molar-refractivity contribution in [3.8, 4) is 0 Å². The van der Waals surface area contributed by atoms with Crippen molar-refractivity contribution in [3.05, 3.63) is 31.2 Å². The maximum atomic E-state index is 12.3. The number of rotatable bonds is 4. The predicted molar refractivity (Wildman–Crippen MR) is 82.9 cm³/mol. The number of hydrogen-bond donors (Lipinski definition) is 0. The Bertz CT molecular complexity index is 584. The SMILES string of the molecule is CC(C)OCCN1C(=O)c2c(Cl)c(Cl)c(Cl)c(Cl)c2C1=O. The van der Waals surface area contributed by atoms with Gasteiger partial charge >= 0.3 is 0 Å². The zero-order chi connectivity index (χ0) is 15.9. The molecule has 0 unspecified atom stereocenters. The number of hydrogen-bond acceptors (Lipinski definition) is 3. The average molecular weight is 371 g/mol. The van der Waals surface area contributed by atoms with Crippen molar-refractivity contribution in [2.75, 3.05) is 13.2 Å². The molecule has 1 heterocycles. The topological polar surface area (TPSA) is 46.6 Å². The Morgan fingerprint density at radius 2 is 1.33 bits per heavy atom. The summed E-state index contributed by atoms with van der Waals surface area (Å²) in [4.78, 5) is 25.7. The van der Waals surface area contributed by atoms with E-state index in [4.69, 9.17) is 51.1 Å². The number of carbonyl (C=O) groups excluding carboxylic acids is 2. The fraction of sp³-hybridized carbons (Fsp3) is 0.385. The number of fused-ring (bicyclic) bond motifs is 1. The summed E-state index contributed by atoms with van der Waals surface area (Å²) in [5.41, 5.74) is -0.0174. The van der Waals surface area contributed by atoms with Crippen LogP contribution in [0.15, 0.2) is 0 Å². The number of benzene rings is 1. The normalized spacial score (nSPS) is 14.3. The van der Waals surface area contributed by atoms with Crippen molar-refractivity contribution in [1.82, 2.24) is 4.90 Å². The van der Waals surface area contributed by atoms with Crippen LogP contribution in [-0.4, -0.2) is 36.0 Å². The molecule has 0 aromatic heterocycles. The zero-order valence-corrected chi connectivity index (χ0v) is 14.2. The molecule has 0 atom stereocenters. The van der Waals surface area contributed by atoms with Crippen LogP contribution in [0.3, 0.4) is 0 Å². The van der Waals surface area contributed by atoms with E-state index in [0.29, 0.717) is 0 Å². The van der Waals surface area contributed by atoms with Crippen LogP contribution in [0.4, 0.5) is 0 Å². The molecular weight excluding hydrogens is 360 g/mol. The average Bonchev–Trinajstić information content (AvgIpc) is 2.67.